The lowest BCUT2D eigenvalue weighted by Crippen LogP contribution is -2.31. The van der Waals surface area contributed by atoms with Gasteiger partial charge in [0, 0.05) is 0 Å². The fourth-order valence-electron chi connectivity index (χ4n) is 1.06. The van der Waals surface area contributed by atoms with Gasteiger partial charge in [0.2, 0.25) is 0 Å². The number of methoxy groups -OCH3 is 1. The maximum atomic E-state index is 10.8. The first-order valence-corrected chi connectivity index (χ1v) is 4.55. The van der Waals surface area contributed by atoms with Crippen LogP contribution in [0.4, 0.5) is 0 Å². The topological polar surface area (TPSA) is 52.3 Å². The average molecular weight is 173 g/mol. The summed E-state index contributed by atoms with van der Waals surface area (Å²) in [5, 5.41) is 0. The second-order valence-electron chi connectivity index (χ2n) is 2.98. The van der Waals surface area contributed by atoms with E-state index in [1.165, 1.54) is 20.0 Å². The molecule has 0 rings (SSSR count). The fraction of sp³-hybridized carbons (Fsp3) is 0.889. The number of hydrogen-bond donors (Lipinski definition) is 1. The Morgan fingerprint density at radius 1 is 1.42 bits per heavy atom. The van der Waals surface area contributed by atoms with Crippen molar-refractivity contribution < 1.29 is 9.53 Å². The van der Waals surface area contributed by atoms with E-state index in [4.69, 9.17) is 5.73 Å². The summed E-state index contributed by atoms with van der Waals surface area (Å²) in [4.78, 5) is 10.8. The third kappa shape index (κ3) is 5.13. The number of nitrogens with two attached hydrogens (primary N) is 1. The molecule has 3 heteroatoms. The standard InChI is InChI=1S/C9H19NO2/c1-3-4-5-6-7-8(10)9(11)12-2/h8H,3-7,10H2,1-2H3/t8-/m0/s1. The molecule has 0 fully saturated rings. The predicted octanol–water partition coefficient (Wildman–Crippen LogP) is 1.46. The van der Waals surface area contributed by atoms with Crippen LogP contribution in [0.2, 0.25) is 0 Å². The van der Waals surface area contributed by atoms with Gasteiger partial charge in [-0.05, 0) is 6.42 Å². The first kappa shape index (κ1) is 11.4. The Morgan fingerprint density at radius 3 is 2.58 bits per heavy atom. The highest BCUT2D eigenvalue weighted by Crippen LogP contribution is 2.04. The van der Waals surface area contributed by atoms with Gasteiger partial charge in [-0.1, -0.05) is 32.6 Å². The van der Waals surface area contributed by atoms with Gasteiger partial charge in [-0.2, -0.15) is 0 Å². The lowest BCUT2D eigenvalue weighted by atomic mass is 10.1. The Bertz CT molecular complexity index is 126. The molecule has 3 nitrogen and oxygen atoms in total. The maximum absolute atomic E-state index is 10.8. The molecule has 0 spiro atoms. The van der Waals surface area contributed by atoms with Gasteiger partial charge in [0.05, 0.1) is 7.11 Å². The monoisotopic (exact) mass is 173 g/mol. The summed E-state index contributed by atoms with van der Waals surface area (Å²) in [6.45, 7) is 2.15. The highest BCUT2D eigenvalue weighted by Gasteiger charge is 2.11. The van der Waals surface area contributed by atoms with Crippen LogP contribution in [0.15, 0.2) is 0 Å². The number of rotatable bonds is 6. The zero-order valence-electron chi connectivity index (χ0n) is 8.01. The highest BCUT2D eigenvalue weighted by atomic mass is 16.5. The van der Waals surface area contributed by atoms with E-state index in [0.717, 1.165) is 19.3 Å². The number of carbonyl (C=O) groups is 1. The molecule has 0 aromatic heterocycles. The molecule has 0 radical (unpaired) electrons. The zero-order valence-corrected chi connectivity index (χ0v) is 8.01. The molecule has 0 amide bonds. The van der Waals surface area contributed by atoms with Gasteiger partial charge in [-0.3, -0.25) is 4.79 Å². The van der Waals surface area contributed by atoms with E-state index in [1.807, 2.05) is 0 Å². The second kappa shape index (κ2) is 7.10. The molecule has 0 aliphatic carbocycles. The first-order valence-electron chi connectivity index (χ1n) is 4.55. The third-order valence-electron chi connectivity index (χ3n) is 1.87. The van der Waals surface area contributed by atoms with Crippen LogP contribution in [0.1, 0.15) is 39.0 Å². The van der Waals surface area contributed by atoms with Gasteiger partial charge < -0.3 is 10.5 Å². The Labute approximate surface area is 74.3 Å². The molecule has 0 aliphatic rings. The van der Waals surface area contributed by atoms with Gasteiger partial charge in [0.1, 0.15) is 6.04 Å². The van der Waals surface area contributed by atoms with Crippen LogP contribution in [0.5, 0.6) is 0 Å². The van der Waals surface area contributed by atoms with Crippen molar-refractivity contribution in [3.63, 3.8) is 0 Å². The molecule has 0 aromatic carbocycles. The molecule has 0 unspecified atom stereocenters. The molecular formula is C9H19NO2. The van der Waals surface area contributed by atoms with E-state index < -0.39 is 6.04 Å². The Kier molecular flexibility index (Phi) is 6.76. The number of hydrogen-bond acceptors (Lipinski definition) is 3. The fourth-order valence-corrected chi connectivity index (χ4v) is 1.06. The van der Waals surface area contributed by atoms with Crippen LogP contribution in [-0.4, -0.2) is 19.1 Å². The van der Waals surface area contributed by atoms with Gasteiger partial charge in [0.25, 0.3) is 0 Å². The zero-order chi connectivity index (χ0) is 9.40. The van der Waals surface area contributed by atoms with Crippen molar-refractivity contribution in [2.24, 2.45) is 5.73 Å². The lowest BCUT2D eigenvalue weighted by molar-refractivity contribution is -0.142. The molecule has 0 saturated carbocycles. The molecule has 0 bridgehead atoms. The minimum Gasteiger partial charge on any atom is -0.468 e. The second-order valence-corrected chi connectivity index (χ2v) is 2.98. The maximum Gasteiger partial charge on any atom is 0.322 e. The first-order chi connectivity index (χ1) is 5.72. The van der Waals surface area contributed by atoms with Crippen LogP contribution in [0, 0.1) is 0 Å². The summed E-state index contributed by atoms with van der Waals surface area (Å²) in [5.41, 5.74) is 5.54. The molecule has 0 saturated heterocycles. The molecule has 0 heterocycles. The molecule has 0 aliphatic heterocycles. The Hall–Kier alpha value is -0.570. The SMILES string of the molecule is CCCCCC[C@H](N)C(=O)OC. The van der Waals surface area contributed by atoms with Crippen LogP contribution in [0.25, 0.3) is 0 Å². The van der Waals surface area contributed by atoms with E-state index in [2.05, 4.69) is 11.7 Å². The molecule has 2 N–H and O–H groups in total. The van der Waals surface area contributed by atoms with Crippen molar-refractivity contribution in [2.45, 2.75) is 45.1 Å². The van der Waals surface area contributed by atoms with Gasteiger partial charge in [-0.15, -0.1) is 0 Å². The molecule has 0 aromatic rings. The van der Waals surface area contributed by atoms with Crippen LogP contribution in [0.3, 0.4) is 0 Å². The third-order valence-corrected chi connectivity index (χ3v) is 1.87. The number of esters is 1. The van der Waals surface area contributed by atoms with E-state index in [-0.39, 0.29) is 5.97 Å². The lowest BCUT2D eigenvalue weighted by Gasteiger charge is -2.07. The summed E-state index contributed by atoms with van der Waals surface area (Å²) >= 11 is 0. The van der Waals surface area contributed by atoms with Crippen molar-refractivity contribution in [1.82, 2.24) is 0 Å². The van der Waals surface area contributed by atoms with E-state index in [1.54, 1.807) is 0 Å². The van der Waals surface area contributed by atoms with Crippen LogP contribution >= 0.6 is 0 Å². The molecule has 72 valence electrons. The normalized spacial score (nSPS) is 12.6. The average Bonchev–Trinajstić information content (AvgIpc) is 2.10. The minimum absolute atomic E-state index is 0.300. The summed E-state index contributed by atoms with van der Waals surface area (Å²) in [5.74, 6) is -0.300. The van der Waals surface area contributed by atoms with Crippen molar-refractivity contribution in [1.29, 1.82) is 0 Å². The number of unbranched alkanes of at least 4 members (excludes halogenated alkanes) is 3. The summed E-state index contributed by atoms with van der Waals surface area (Å²) in [6, 6.07) is -0.424. The van der Waals surface area contributed by atoms with Gasteiger partial charge in [0.15, 0.2) is 0 Å². The van der Waals surface area contributed by atoms with Gasteiger partial charge >= 0.3 is 5.97 Å². The molecular weight excluding hydrogens is 154 g/mol. The largest absolute Gasteiger partial charge is 0.468 e. The Morgan fingerprint density at radius 2 is 2.08 bits per heavy atom. The quantitative estimate of drug-likeness (QED) is 0.488. The van der Waals surface area contributed by atoms with Crippen molar-refractivity contribution in [3.05, 3.63) is 0 Å². The molecule has 1 atom stereocenters. The van der Waals surface area contributed by atoms with Crippen molar-refractivity contribution in [3.8, 4) is 0 Å². The van der Waals surface area contributed by atoms with E-state index >= 15 is 0 Å². The van der Waals surface area contributed by atoms with Crippen molar-refractivity contribution in [2.75, 3.05) is 7.11 Å². The van der Waals surface area contributed by atoms with Gasteiger partial charge in [-0.25, -0.2) is 0 Å². The smallest absolute Gasteiger partial charge is 0.322 e. The minimum atomic E-state index is -0.424. The molecule has 12 heavy (non-hydrogen) atoms. The predicted molar refractivity (Wildman–Crippen MR) is 48.8 cm³/mol. The van der Waals surface area contributed by atoms with Crippen LogP contribution < -0.4 is 5.73 Å². The summed E-state index contributed by atoms with van der Waals surface area (Å²) < 4.78 is 4.51. The van der Waals surface area contributed by atoms with Crippen molar-refractivity contribution >= 4 is 5.97 Å². The van der Waals surface area contributed by atoms with E-state index in [9.17, 15) is 4.79 Å². The summed E-state index contributed by atoms with van der Waals surface area (Å²) in [7, 11) is 1.37. The Balaban J connectivity index is 3.31. The van der Waals surface area contributed by atoms with E-state index in [0.29, 0.717) is 0 Å². The summed E-state index contributed by atoms with van der Waals surface area (Å²) in [6.07, 6.45) is 5.33. The number of ether oxygens (including phenoxy) is 1. The number of carbonyl (C=O) groups excluding carboxylic acids is 1. The highest BCUT2D eigenvalue weighted by molar-refractivity contribution is 5.75. The van der Waals surface area contributed by atoms with Crippen LogP contribution in [-0.2, 0) is 9.53 Å².